The van der Waals surface area contributed by atoms with E-state index in [9.17, 15) is 9.50 Å². The average molecular weight is 450 g/mol. The molecule has 0 saturated heterocycles. The van der Waals surface area contributed by atoms with Gasteiger partial charge in [0.1, 0.15) is 11.6 Å². The van der Waals surface area contributed by atoms with Crippen LogP contribution < -0.4 is 4.74 Å². The molecule has 0 radical (unpaired) electrons. The Morgan fingerprint density at radius 2 is 2.04 bits per heavy atom. The van der Waals surface area contributed by atoms with Crippen LogP contribution >= 0.6 is 15.9 Å². The van der Waals surface area contributed by atoms with Crippen LogP contribution in [0.3, 0.4) is 0 Å². The molecule has 3 rings (SSSR count). The fraction of sp³-hybridized carbons (Fsp3) is 0.478. The molecule has 2 aromatic carbocycles. The second-order valence-corrected chi connectivity index (χ2v) is 9.06. The van der Waals surface area contributed by atoms with Gasteiger partial charge in [-0.15, -0.1) is 0 Å². The first-order valence-corrected chi connectivity index (χ1v) is 10.6. The van der Waals surface area contributed by atoms with Gasteiger partial charge in [-0.25, -0.2) is 4.39 Å². The first-order chi connectivity index (χ1) is 13.3. The third-order valence-electron chi connectivity index (χ3n) is 5.89. The molecule has 1 aliphatic rings. The number of rotatable bonds is 6. The lowest BCUT2D eigenvalue weighted by Gasteiger charge is -2.44. The van der Waals surface area contributed by atoms with Gasteiger partial charge in [-0.2, -0.15) is 0 Å². The molecule has 0 aromatic heterocycles. The SMILES string of the molecule is COc1cccc(CC2CCC(O)(c3ccc(Br)c(F)c3)C(CN(C)C)C2)c1. The maximum Gasteiger partial charge on any atom is 0.137 e. The van der Waals surface area contributed by atoms with Gasteiger partial charge in [-0.05, 0) is 97.0 Å². The largest absolute Gasteiger partial charge is 0.497 e. The predicted molar refractivity (Wildman–Crippen MR) is 114 cm³/mol. The lowest BCUT2D eigenvalue weighted by Crippen LogP contribution is -2.45. The van der Waals surface area contributed by atoms with Crippen molar-refractivity contribution in [3.8, 4) is 5.75 Å². The van der Waals surface area contributed by atoms with Crippen LogP contribution in [-0.2, 0) is 12.0 Å². The molecule has 5 heteroatoms. The number of halogens is 2. The molecule has 0 spiro atoms. The molecule has 0 heterocycles. The molecule has 0 amide bonds. The second-order valence-electron chi connectivity index (χ2n) is 8.21. The highest BCUT2D eigenvalue weighted by Gasteiger charge is 2.43. The first kappa shape index (κ1) is 21.3. The van der Waals surface area contributed by atoms with E-state index in [1.165, 1.54) is 11.6 Å². The molecule has 3 atom stereocenters. The lowest BCUT2D eigenvalue weighted by atomic mass is 9.66. The fourth-order valence-corrected chi connectivity index (χ4v) is 4.72. The summed E-state index contributed by atoms with van der Waals surface area (Å²) < 4.78 is 19.9. The molecule has 1 N–H and O–H groups in total. The summed E-state index contributed by atoms with van der Waals surface area (Å²) in [6.07, 6.45) is 3.42. The summed E-state index contributed by atoms with van der Waals surface area (Å²) in [5.41, 5.74) is 0.935. The van der Waals surface area contributed by atoms with E-state index in [1.807, 2.05) is 32.3 Å². The summed E-state index contributed by atoms with van der Waals surface area (Å²) in [4.78, 5) is 2.11. The molecule has 3 unspecified atom stereocenters. The van der Waals surface area contributed by atoms with Crippen LogP contribution in [0.5, 0.6) is 5.75 Å². The number of benzene rings is 2. The van der Waals surface area contributed by atoms with E-state index < -0.39 is 5.60 Å². The van der Waals surface area contributed by atoms with Crippen LogP contribution in [0.1, 0.15) is 30.4 Å². The molecular weight excluding hydrogens is 421 g/mol. The topological polar surface area (TPSA) is 32.7 Å². The molecule has 152 valence electrons. The van der Waals surface area contributed by atoms with Crippen molar-refractivity contribution >= 4 is 15.9 Å². The van der Waals surface area contributed by atoms with Gasteiger partial charge in [0.15, 0.2) is 0 Å². The first-order valence-electron chi connectivity index (χ1n) is 9.77. The normalized spacial score (nSPS) is 25.1. The number of nitrogens with zero attached hydrogens (tertiary/aromatic N) is 1. The van der Waals surface area contributed by atoms with Crippen LogP contribution in [0.25, 0.3) is 0 Å². The van der Waals surface area contributed by atoms with E-state index in [0.29, 0.717) is 22.4 Å². The smallest absolute Gasteiger partial charge is 0.137 e. The summed E-state index contributed by atoms with van der Waals surface area (Å²) in [5.74, 6) is 1.08. The Hall–Kier alpha value is -1.43. The standard InChI is InChI=1S/C23H29BrFNO2/c1-26(2)15-19-12-17(11-16-5-4-6-20(13-16)28-3)9-10-23(19,27)18-7-8-21(24)22(25)14-18/h4-8,13-14,17,19,27H,9-12,15H2,1-3H3. The van der Waals surface area contributed by atoms with Crippen LogP contribution in [0, 0.1) is 17.7 Å². The summed E-state index contributed by atoms with van der Waals surface area (Å²) in [5, 5.41) is 11.6. The maximum atomic E-state index is 14.1. The van der Waals surface area contributed by atoms with Crippen LogP contribution in [0.4, 0.5) is 4.39 Å². The molecule has 1 saturated carbocycles. The van der Waals surface area contributed by atoms with Gasteiger partial charge in [0.25, 0.3) is 0 Å². The summed E-state index contributed by atoms with van der Waals surface area (Å²) in [7, 11) is 5.73. The maximum absolute atomic E-state index is 14.1. The van der Waals surface area contributed by atoms with Gasteiger partial charge < -0.3 is 14.7 Å². The monoisotopic (exact) mass is 449 g/mol. The van der Waals surface area contributed by atoms with Crippen molar-refractivity contribution in [1.82, 2.24) is 4.90 Å². The van der Waals surface area contributed by atoms with Crippen molar-refractivity contribution in [3.63, 3.8) is 0 Å². The van der Waals surface area contributed by atoms with Crippen molar-refractivity contribution in [2.75, 3.05) is 27.7 Å². The van der Waals surface area contributed by atoms with E-state index in [0.717, 1.165) is 31.6 Å². The van der Waals surface area contributed by atoms with Crippen molar-refractivity contribution < 1.29 is 14.2 Å². The van der Waals surface area contributed by atoms with E-state index >= 15 is 0 Å². The summed E-state index contributed by atoms with van der Waals surface area (Å²) >= 11 is 3.21. The van der Waals surface area contributed by atoms with Crippen LogP contribution in [0.2, 0.25) is 0 Å². The third kappa shape index (κ3) is 4.76. The highest BCUT2D eigenvalue weighted by Crippen LogP contribution is 2.45. The molecule has 0 bridgehead atoms. The Morgan fingerprint density at radius 1 is 1.25 bits per heavy atom. The zero-order valence-corrected chi connectivity index (χ0v) is 18.4. The van der Waals surface area contributed by atoms with E-state index in [-0.39, 0.29) is 11.7 Å². The summed E-state index contributed by atoms with van der Waals surface area (Å²) in [6, 6.07) is 13.2. The molecule has 2 aromatic rings. The minimum Gasteiger partial charge on any atom is -0.497 e. The molecular formula is C23H29BrFNO2. The fourth-order valence-electron chi connectivity index (χ4n) is 4.47. The minimum atomic E-state index is -1.00. The van der Waals surface area contributed by atoms with Gasteiger partial charge in [-0.1, -0.05) is 18.2 Å². The Bertz CT molecular complexity index is 813. The van der Waals surface area contributed by atoms with Gasteiger partial charge in [-0.3, -0.25) is 0 Å². The zero-order valence-electron chi connectivity index (χ0n) is 16.8. The average Bonchev–Trinajstić information content (AvgIpc) is 2.66. The zero-order chi connectivity index (χ0) is 20.3. The van der Waals surface area contributed by atoms with E-state index in [2.05, 4.69) is 33.0 Å². The molecule has 1 aliphatic carbocycles. The van der Waals surface area contributed by atoms with Gasteiger partial charge >= 0.3 is 0 Å². The molecule has 1 fully saturated rings. The Labute approximate surface area is 175 Å². The number of methoxy groups -OCH3 is 1. The van der Waals surface area contributed by atoms with Crippen molar-refractivity contribution in [2.24, 2.45) is 11.8 Å². The van der Waals surface area contributed by atoms with Crippen molar-refractivity contribution in [3.05, 3.63) is 63.9 Å². The number of hydrogen-bond acceptors (Lipinski definition) is 3. The highest BCUT2D eigenvalue weighted by atomic mass is 79.9. The van der Waals surface area contributed by atoms with Crippen LogP contribution in [0.15, 0.2) is 46.9 Å². The summed E-state index contributed by atoms with van der Waals surface area (Å²) in [6.45, 7) is 0.767. The van der Waals surface area contributed by atoms with Crippen LogP contribution in [-0.4, -0.2) is 37.8 Å². The van der Waals surface area contributed by atoms with Gasteiger partial charge in [0.2, 0.25) is 0 Å². The van der Waals surface area contributed by atoms with Crippen molar-refractivity contribution in [2.45, 2.75) is 31.3 Å². The molecule has 3 nitrogen and oxygen atoms in total. The highest BCUT2D eigenvalue weighted by molar-refractivity contribution is 9.10. The third-order valence-corrected chi connectivity index (χ3v) is 6.53. The molecule has 0 aliphatic heterocycles. The Balaban J connectivity index is 1.81. The minimum absolute atomic E-state index is 0.0485. The van der Waals surface area contributed by atoms with Gasteiger partial charge in [0.05, 0.1) is 17.2 Å². The van der Waals surface area contributed by atoms with Crippen molar-refractivity contribution in [1.29, 1.82) is 0 Å². The number of ether oxygens (including phenoxy) is 1. The second kappa shape index (κ2) is 8.93. The Kier molecular flexibility index (Phi) is 6.79. The lowest BCUT2D eigenvalue weighted by molar-refractivity contribution is -0.0754. The van der Waals surface area contributed by atoms with Gasteiger partial charge in [0, 0.05) is 12.5 Å². The Morgan fingerprint density at radius 3 is 2.71 bits per heavy atom. The molecule has 28 heavy (non-hydrogen) atoms. The van der Waals surface area contributed by atoms with E-state index in [4.69, 9.17) is 4.74 Å². The number of aliphatic hydroxyl groups is 1. The number of hydrogen-bond donors (Lipinski definition) is 1. The van der Waals surface area contributed by atoms with E-state index in [1.54, 1.807) is 13.2 Å². The predicted octanol–water partition coefficient (Wildman–Crippen LogP) is 5.01. The quantitative estimate of drug-likeness (QED) is 0.672.